The minimum atomic E-state index is -1.30. The highest BCUT2D eigenvalue weighted by atomic mass is 35.5. The van der Waals surface area contributed by atoms with E-state index in [9.17, 15) is 14.9 Å². The number of esters is 2. The van der Waals surface area contributed by atoms with E-state index < -0.39 is 17.7 Å². The highest BCUT2D eigenvalue weighted by Gasteiger charge is 2.38. The number of carbonyl (C=O) groups excluding carboxylic acids is 2. The summed E-state index contributed by atoms with van der Waals surface area (Å²) in [5, 5.41) is 12.9. The lowest BCUT2D eigenvalue weighted by Gasteiger charge is -2.29. The predicted molar refractivity (Wildman–Crippen MR) is 99.6 cm³/mol. The van der Waals surface area contributed by atoms with Gasteiger partial charge in [-0.05, 0) is 35.4 Å². The van der Waals surface area contributed by atoms with Gasteiger partial charge in [-0.2, -0.15) is 5.26 Å². The molecule has 6 nitrogen and oxygen atoms in total. The van der Waals surface area contributed by atoms with Gasteiger partial charge in [-0.1, -0.05) is 29.8 Å². The first kappa shape index (κ1) is 18.5. The Hall–Kier alpha value is -3.30. The van der Waals surface area contributed by atoms with Crippen molar-refractivity contribution in [3.8, 4) is 17.2 Å². The van der Waals surface area contributed by atoms with Crippen molar-refractivity contribution in [2.45, 2.75) is 19.6 Å². The molecular formula is C20H15ClN2O4. The van der Waals surface area contributed by atoms with Gasteiger partial charge in [0, 0.05) is 25.1 Å². The Morgan fingerprint density at radius 2 is 1.63 bits per heavy atom. The molecule has 7 heteroatoms. The Bertz CT molecular complexity index is 966. The molecule has 0 atom stereocenters. The fourth-order valence-corrected chi connectivity index (χ4v) is 2.64. The van der Waals surface area contributed by atoms with Crippen molar-refractivity contribution in [1.29, 1.82) is 5.26 Å². The molecule has 2 aromatic carbocycles. The summed E-state index contributed by atoms with van der Waals surface area (Å²) in [6.45, 7) is 2.94. The van der Waals surface area contributed by atoms with Crippen molar-refractivity contribution in [3.63, 3.8) is 0 Å². The number of ether oxygens (including phenoxy) is 2. The summed E-state index contributed by atoms with van der Waals surface area (Å²) in [5.41, 5.74) is 2.24. The molecule has 1 aliphatic rings. The normalized spacial score (nSPS) is 15.4. The molecule has 0 unspecified atom stereocenters. The molecule has 1 fully saturated rings. The molecule has 0 bridgehead atoms. The van der Waals surface area contributed by atoms with E-state index in [2.05, 4.69) is 11.4 Å². The first-order chi connectivity index (χ1) is 12.8. The molecule has 1 N–H and O–H groups in total. The summed E-state index contributed by atoms with van der Waals surface area (Å²) in [7, 11) is 0. The van der Waals surface area contributed by atoms with Crippen molar-refractivity contribution < 1.29 is 19.1 Å². The molecule has 1 heterocycles. The van der Waals surface area contributed by atoms with E-state index in [4.69, 9.17) is 21.1 Å². The fraction of sp³-hybridized carbons (Fsp3) is 0.150. The molecule has 0 aliphatic carbocycles. The number of cyclic esters (lactones) is 2. The predicted octanol–water partition coefficient (Wildman–Crippen LogP) is 4.01. The lowest BCUT2D eigenvalue weighted by molar-refractivity contribution is -0.222. The Morgan fingerprint density at radius 1 is 1.04 bits per heavy atom. The van der Waals surface area contributed by atoms with Gasteiger partial charge in [0.1, 0.15) is 6.07 Å². The zero-order chi connectivity index (χ0) is 19.6. The van der Waals surface area contributed by atoms with E-state index in [-0.39, 0.29) is 5.57 Å². The van der Waals surface area contributed by atoms with E-state index in [1.165, 1.54) is 20.0 Å². The number of carbonyl (C=O) groups is 2. The third-order valence-corrected chi connectivity index (χ3v) is 4.06. The number of hydrogen-bond acceptors (Lipinski definition) is 6. The second-order valence-electron chi connectivity index (χ2n) is 6.26. The lowest BCUT2D eigenvalue weighted by Crippen LogP contribution is -2.42. The van der Waals surface area contributed by atoms with Crippen molar-refractivity contribution in [3.05, 3.63) is 64.8 Å². The van der Waals surface area contributed by atoms with Crippen LogP contribution in [0.25, 0.3) is 11.1 Å². The van der Waals surface area contributed by atoms with E-state index in [1.54, 1.807) is 24.3 Å². The van der Waals surface area contributed by atoms with Gasteiger partial charge < -0.3 is 14.8 Å². The van der Waals surface area contributed by atoms with Crippen molar-refractivity contribution in [2.75, 3.05) is 5.32 Å². The van der Waals surface area contributed by atoms with Crippen LogP contribution in [0.5, 0.6) is 0 Å². The molecule has 1 aliphatic heterocycles. The average Bonchev–Trinajstić information content (AvgIpc) is 2.60. The second kappa shape index (κ2) is 7.14. The van der Waals surface area contributed by atoms with Gasteiger partial charge >= 0.3 is 11.9 Å². The zero-order valence-electron chi connectivity index (χ0n) is 14.6. The maximum Gasteiger partial charge on any atom is 0.350 e. The number of rotatable bonds is 3. The largest absolute Gasteiger partial charge is 0.419 e. The molecular weight excluding hydrogens is 368 g/mol. The van der Waals surface area contributed by atoms with E-state index in [0.717, 1.165) is 11.1 Å². The van der Waals surface area contributed by atoms with Crippen LogP contribution in [-0.2, 0) is 19.1 Å². The summed E-state index contributed by atoms with van der Waals surface area (Å²) in [6, 6.07) is 14.5. The molecule has 0 amide bonds. The number of nitriles is 1. The highest BCUT2D eigenvalue weighted by molar-refractivity contribution is 6.30. The van der Waals surface area contributed by atoms with Gasteiger partial charge in [-0.25, -0.2) is 9.59 Å². The van der Waals surface area contributed by atoms with Crippen LogP contribution in [0.1, 0.15) is 19.4 Å². The first-order valence-electron chi connectivity index (χ1n) is 8.02. The third-order valence-electron chi connectivity index (χ3n) is 3.81. The molecule has 0 spiro atoms. The number of halogens is 1. The summed E-state index contributed by atoms with van der Waals surface area (Å²) in [6.07, 6.45) is 1.18. The van der Waals surface area contributed by atoms with Crippen LogP contribution in [0.4, 0.5) is 5.69 Å². The van der Waals surface area contributed by atoms with Gasteiger partial charge in [0.15, 0.2) is 5.57 Å². The first-order valence-corrected chi connectivity index (χ1v) is 8.40. The summed E-state index contributed by atoms with van der Waals surface area (Å²) < 4.78 is 10.0. The topological polar surface area (TPSA) is 88.4 Å². The third kappa shape index (κ3) is 4.10. The Balaban J connectivity index is 1.85. The van der Waals surface area contributed by atoms with Crippen molar-refractivity contribution in [1.82, 2.24) is 0 Å². The number of hydrogen-bond donors (Lipinski definition) is 1. The molecule has 0 saturated carbocycles. The smallest absolute Gasteiger partial charge is 0.350 e. The molecule has 2 aromatic rings. The van der Waals surface area contributed by atoms with Crippen LogP contribution >= 0.6 is 11.6 Å². The molecule has 136 valence electrons. The molecule has 1 saturated heterocycles. The maximum absolute atomic E-state index is 12.0. The minimum Gasteiger partial charge on any atom is -0.419 e. The average molecular weight is 383 g/mol. The summed E-state index contributed by atoms with van der Waals surface area (Å²) in [5.74, 6) is -2.89. The monoisotopic (exact) mass is 382 g/mol. The quantitative estimate of drug-likeness (QED) is 0.490. The minimum absolute atomic E-state index is 0.278. The summed E-state index contributed by atoms with van der Waals surface area (Å²) >= 11 is 5.89. The molecule has 0 radical (unpaired) electrons. The van der Waals surface area contributed by atoms with Gasteiger partial charge in [0.25, 0.3) is 5.79 Å². The Labute approximate surface area is 161 Å². The molecule has 0 aromatic heterocycles. The van der Waals surface area contributed by atoms with Crippen LogP contribution in [0.3, 0.4) is 0 Å². The Morgan fingerprint density at radius 3 is 2.22 bits per heavy atom. The van der Waals surface area contributed by atoms with Gasteiger partial charge in [-0.3, -0.25) is 0 Å². The second-order valence-corrected chi connectivity index (χ2v) is 6.70. The van der Waals surface area contributed by atoms with Crippen LogP contribution in [0, 0.1) is 11.3 Å². The van der Waals surface area contributed by atoms with Crippen molar-refractivity contribution >= 4 is 29.2 Å². The molecule has 3 rings (SSSR count). The van der Waals surface area contributed by atoms with Crippen LogP contribution in [0.2, 0.25) is 5.02 Å². The highest BCUT2D eigenvalue weighted by Crippen LogP contribution is 2.27. The standard InChI is InChI=1S/C20H15ClN2O4/c1-20(2)26-18(24)16(19(25)27-20)11-23-17-8-5-13(9-14(17)10-22)12-3-6-15(21)7-4-12/h3-9,11,23H,1-2H3. The van der Waals surface area contributed by atoms with E-state index in [0.29, 0.717) is 16.3 Å². The summed E-state index contributed by atoms with van der Waals surface area (Å²) in [4.78, 5) is 23.9. The number of benzene rings is 2. The lowest BCUT2D eigenvalue weighted by atomic mass is 10.0. The fourth-order valence-electron chi connectivity index (χ4n) is 2.51. The maximum atomic E-state index is 12.0. The van der Waals surface area contributed by atoms with Crippen LogP contribution in [-0.4, -0.2) is 17.7 Å². The van der Waals surface area contributed by atoms with Crippen molar-refractivity contribution in [2.24, 2.45) is 0 Å². The van der Waals surface area contributed by atoms with Gasteiger partial charge in [0.05, 0.1) is 11.3 Å². The Kier molecular flexibility index (Phi) is 4.89. The SMILES string of the molecule is CC1(C)OC(=O)C(=CNc2ccc(-c3ccc(Cl)cc3)cc2C#N)C(=O)O1. The molecule has 27 heavy (non-hydrogen) atoms. The van der Waals surface area contributed by atoms with E-state index >= 15 is 0 Å². The zero-order valence-corrected chi connectivity index (χ0v) is 15.3. The van der Waals surface area contributed by atoms with Crippen LogP contribution < -0.4 is 5.32 Å². The van der Waals surface area contributed by atoms with Gasteiger partial charge in [0.2, 0.25) is 0 Å². The van der Waals surface area contributed by atoms with Crippen LogP contribution in [0.15, 0.2) is 54.2 Å². The number of anilines is 1. The number of nitrogens with one attached hydrogen (secondary N) is 1. The number of nitrogens with zero attached hydrogens (tertiary/aromatic N) is 1. The van der Waals surface area contributed by atoms with E-state index in [1.807, 2.05) is 18.2 Å². The van der Waals surface area contributed by atoms with Gasteiger partial charge in [-0.15, -0.1) is 0 Å².